The lowest BCUT2D eigenvalue weighted by molar-refractivity contribution is -0.165. The van der Waals surface area contributed by atoms with Gasteiger partial charge in [0.05, 0.1) is 30.7 Å². The van der Waals surface area contributed by atoms with Crippen molar-refractivity contribution in [1.82, 2.24) is 0 Å². The highest BCUT2D eigenvalue weighted by Crippen LogP contribution is 2.25. The van der Waals surface area contributed by atoms with Crippen molar-refractivity contribution in [1.29, 1.82) is 0 Å². The Bertz CT molecular complexity index is 737. The summed E-state index contributed by atoms with van der Waals surface area (Å²) < 4.78 is 30.6. The maximum atomic E-state index is 11.6. The molecule has 0 radical (unpaired) electrons. The van der Waals surface area contributed by atoms with E-state index in [0.29, 0.717) is 0 Å². The van der Waals surface area contributed by atoms with Crippen LogP contribution < -0.4 is 0 Å². The van der Waals surface area contributed by atoms with E-state index in [1.54, 1.807) is 0 Å². The van der Waals surface area contributed by atoms with Gasteiger partial charge in [-0.1, -0.05) is 26.3 Å². The first kappa shape index (κ1) is 31.2. The number of carbonyl (C=O) groups excluding carboxylic acids is 5. The van der Waals surface area contributed by atoms with Crippen LogP contribution in [0.1, 0.15) is 0 Å². The standard InChI is InChI=1S/C23H30O12/c1-5-18(26)32-13-22(9-24,14-33-19(27)6-2)10-30-11-23(12-31-17-25,15-34-20(28)7-3)16-35-21(29)8-4/h5-8,17,24H,1-4,9-16H2. The number of carbonyl (C=O) groups is 5. The summed E-state index contributed by atoms with van der Waals surface area (Å²) in [6, 6.07) is 0. The van der Waals surface area contributed by atoms with Crippen LogP contribution in [0.25, 0.3) is 0 Å². The third-order valence-corrected chi connectivity index (χ3v) is 4.36. The van der Waals surface area contributed by atoms with E-state index in [1.165, 1.54) is 0 Å². The van der Waals surface area contributed by atoms with E-state index >= 15 is 0 Å². The average molecular weight is 498 g/mol. The minimum absolute atomic E-state index is 0.140. The lowest BCUT2D eigenvalue weighted by Crippen LogP contribution is -2.46. The molecule has 1 N–H and O–H groups in total. The second-order valence-corrected chi connectivity index (χ2v) is 7.31. The summed E-state index contributed by atoms with van der Waals surface area (Å²) in [5.74, 6) is -3.18. The number of esters is 4. The highest BCUT2D eigenvalue weighted by Gasteiger charge is 2.39. The van der Waals surface area contributed by atoms with Crippen LogP contribution in [-0.4, -0.2) is 88.3 Å². The maximum absolute atomic E-state index is 11.6. The average Bonchev–Trinajstić information content (AvgIpc) is 2.89. The van der Waals surface area contributed by atoms with Gasteiger partial charge in [-0.3, -0.25) is 4.79 Å². The number of aliphatic hydroxyl groups is 1. The van der Waals surface area contributed by atoms with E-state index in [4.69, 9.17) is 28.4 Å². The Balaban J connectivity index is 5.74. The fourth-order valence-electron chi connectivity index (χ4n) is 2.34. The van der Waals surface area contributed by atoms with Crippen molar-refractivity contribution in [2.75, 3.05) is 52.9 Å². The van der Waals surface area contributed by atoms with Crippen molar-refractivity contribution >= 4 is 30.3 Å². The van der Waals surface area contributed by atoms with E-state index in [2.05, 4.69) is 26.3 Å². The molecule has 12 heteroatoms. The van der Waals surface area contributed by atoms with Crippen molar-refractivity contribution in [3.63, 3.8) is 0 Å². The molecule has 0 unspecified atom stereocenters. The lowest BCUT2D eigenvalue weighted by atomic mass is 9.90. The molecule has 0 aliphatic carbocycles. The summed E-state index contributed by atoms with van der Waals surface area (Å²) in [6.07, 6.45) is 3.62. The number of aliphatic hydroxyl groups excluding tert-OH is 1. The second-order valence-electron chi connectivity index (χ2n) is 7.31. The SMILES string of the molecule is C=CC(=O)OCC(CO)(COCC(COC=O)(COC(=O)C=C)COC(=O)C=C)COC(=O)C=C. The van der Waals surface area contributed by atoms with Crippen molar-refractivity contribution in [2.45, 2.75) is 0 Å². The van der Waals surface area contributed by atoms with Crippen LogP contribution in [0.4, 0.5) is 0 Å². The van der Waals surface area contributed by atoms with Crippen LogP contribution in [0.15, 0.2) is 50.6 Å². The van der Waals surface area contributed by atoms with E-state index in [9.17, 15) is 29.1 Å². The van der Waals surface area contributed by atoms with Crippen LogP contribution in [0.2, 0.25) is 0 Å². The summed E-state index contributed by atoms with van der Waals surface area (Å²) in [5, 5.41) is 9.99. The molecular formula is C23H30O12. The molecule has 0 aliphatic heterocycles. The third kappa shape index (κ3) is 12.3. The van der Waals surface area contributed by atoms with E-state index < -0.39 is 74.3 Å². The van der Waals surface area contributed by atoms with Gasteiger partial charge in [0.15, 0.2) is 0 Å². The first-order chi connectivity index (χ1) is 16.6. The van der Waals surface area contributed by atoms with Gasteiger partial charge in [0.1, 0.15) is 33.0 Å². The smallest absolute Gasteiger partial charge is 0.330 e. The Kier molecular flexibility index (Phi) is 15.0. The molecule has 0 saturated heterocycles. The highest BCUT2D eigenvalue weighted by molar-refractivity contribution is 5.82. The Hall–Kier alpha value is -3.77. The molecule has 0 saturated carbocycles. The summed E-state index contributed by atoms with van der Waals surface area (Å²) in [5.41, 5.74) is -2.79. The Labute approximate surface area is 202 Å². The first-order valence-electron chi connectivity index (χ1n) is 10.1. The molecule has 0 amide bonds. The molecule has 0 heterocycles. The second kappa shape index (κ2) is 16.8. The predicted octanol–water partition coefficient (Wildman–Crippen LogP) is 0.0579. The molecule has 194 valence electrons. The maximum Gasteiger partial charge on any atom is 0.330 e. The van der Waals surface area contributed by atoms with Crippen molar-refractivity contribution in [2.24, 2.45) is 10.8 Å². The lowest BCUT2D eigenvalue weighted by Gasteiger charge is -2.34. The Morgan fingerprint density at radius 1 is 0.600 bits per heavy atom. The molecule has 0 atom stereocenters. The zero-order valence-corrected chi connectivity index (χ0v) is 19.3. The van der Waals surface area contributed by atoms with Crippen LogP contribution in [-0.2, 0) is 52.4 Å². The third-order valence-electron chi connectivity index (χ3n) is 4.36. The monoisotopic (exact) mass is 498 g/mol. The molecule has 0 aromatic carbocycles. The summed E-state index contributed by atoms with van der Waals surface area (Å²) in [6.45, 7) is 9.84. The largest absolute Gasteiger partial charge is 0.467 e. The minimum Gasteiger partial charge on any atom is -0.467 e. The van der Waals surface area contributed by atoms with Crippen molar-refractivity contribution in [3.8, 4) is 0 Å². The first-order valence-corrected chi connectivity index (χ1v) is 10.1. The Morgan fingerprint density at radius 2 is 0.943 bits per heavy atom. The van der Waals surface area contributed by atoms with Crippen LogP contribution in [0, 0.1) is 10.8 Å². The van der Waals surface area contributed by atoms with Gasteiger partial charge in [0, 0.05) is 24.3 Å². The normalized spacial score (nSPS) is 10.8. The molecule has 0 spiro atoms. The van der Waals surface area contributed by atoms with Gasteiger partial charge >= 0.3 is 23.9 Å². The Morgan fingerprint density at radius 3 is 1.26 bits per heavy atom. The number of hydrogen-bond acceptors (Lipinski definition) is 12. The van der Waals surface area contributed by atoms with Crippen LogP contribution >= 0.6 is 0 Å². The summed E-state index contributed by atoms with van der Waals surface area (Å²) in [7, 11) is 0. The van der Waals surface area contributed by atoms with Gasteiger partial charge in [-0.2, -0.15) is 0 Å². The molecule has 0 aliphatic rings. The number of hydrogen-bond donors (Lipinski definition) is 1. The minimum atomic E-state index is -1.41. The van der Waals surface area contributed by atoms with Gasteiger partial charge in [0.25, 0.3) is 6.47 Å². The number of ether oxygens (including phenoxy) is 6. The fraction of sp³-hybridized carbons (Fsp3) is 0.435. The molecule has 35 heavy (non-hydrogen) atoms. The molecule has 0 fully saturated rings. The summed E-state index contributed by atoms with van der Waals surface area (Å²) >= 11 is 0. The predicted molar refractivity (Wildman–Crippen MR) is 119 cm³/mol. The van der Waals surface area contributed by atoms with Gasteiger partial charge in [-0.25, -0.2) is 19.2 Å². The van der Waals surface area contributed by atoms with Gasteiger partial charge < -0.3 is 33.5 Å². The van der Waals surface area contributed by atoms with Crippen LogP contribution in [0.3, 0.4) is 0 Å². The van der Waals surface area contributed by atoms with Gasteiger partial charge in [0.2, 0.25) is 0 Å². The van der Waals surface area contributed by atoms with Crippen molar-refractivity contribution < 1.29 is 57.5 Å². The quantitative estimate of drug-likeness (QED) is 0.104. The van der Waals surface area contributed by atoms with Gasteiger partial charge in [-0.15, -0.1) is 0 Å². The molecular weight excluding hydrogens is 468 g/mol. The molecule has 0 bridgehead atoms. The molecule has 0 aromatic heterocycles. The van der Waals surface area contributed by atoms with Gasteiger partial charge in [-0.05, 0) is 0 Å². The molecule has 12 nitrogen and oxygen atoms in total. The zero-order chi connectivity index (χ0) is 26.7. The van der Waals surface area contributed by atoms with E-state index in [0.717, 1.165) is 24.3 Å². The fourth-order valence-corrected chi connectivity index (χ4v) is 2.34. The molecule has 0 rings (SSSR count). The molecule has 0 aromatic rings. The van der Waals surface area contributed by atoms with E-state index in [-0.39, 0.29) is 19.7 Å². The van der Waals surface area contributed by atoms with Crippen molar-refractivity contribution in [3.05, 3.63) is 50.6 Å². The van der Waals surface area contributed by atoms with E-state index in [1.807, 2.05) is 0 Å². The zero-order valence-electron chi connectivity index (χ0n) is 19.3. The highest BCUT2D eigenvalue weighted by atomic mass is 16.6. The summed E-state index contributed by atoms with van der Waals surface area (Å²) in [4.78, 5) is 57.1. The number of rotatable bonds is 20. The van der Waals surface area contributed by atoms with Crippen LogP contribution in [0.5, 0.6) is 0 Å². The topological polar surface area (TPSA) is 161 Å².